The minimum Gasteiger partial charge on any atom is -1.00 e. The first-order valence-electron chi connectivity index (χ1n) is 3.03. The van der Waals surface area contributed by atoms with Crippen molar-refractivity contribution >= 4 is 6.03 Å². The van der Waals surface area contributed by atoms with Gasteiger partial charge in [0.05, 0.1) is 19.4 Å². The van der Waals surface area contributed by atoms with E-state index in [1.807, 2.05) is 6.07 Å². The number of nitrogens with zero attached hydrogens (tertiary/aromatic N) is 1. The quantitative estimate of drug-likeness (QED) is 0.397. The van der Waals surface area contributed by atoms with E-state index in [2.05, 4.69) is 5.32 Å². The SMILES string of the molecule is CNC(=O)[n+]1ccccc1.[I-]. The van der Waals surface area contributed by atoms with Crippen molar-refractivity contribution in [1.29, 1.82) is 0 Å². The van der Waals surface area contributed by atoms with Crippen molar-refractivity contribution in [3.05, 3.63) is 30.6 Å². The smallest absolute Gasteiger partial charge is 0.495 e. The Labute approximate surface area is 82.4 Å². The number of carbonyl (C=O) groups is 1. The van der Waals surface area contributed by atoms with Gasteiger partial charge >= 0.3 is 6.03 Å². The molecule has 0 aromatic carbocycles. The molecule has 0 fully saturated rings. The molecule has 0 saturated heterocycles. The second kappa shape index (κ2) is 5.06. The third-order valence-electron chi connectivity index (χ3n) is 1.16. The first-order chi connectivity index (χ1) is 4.84. The summed E-state index contributed by atoms with van der Waals surface area (Å²) in [7, 11) is 1.60. The van der Waals surface area contributed by atoms with Crippen molar-refractivity contribution in [2.24, 2.45) is 0 Å². The van der Waals surface area contributed by atoms with Crippen LogP contribution in [0.2, 0.25) is 0 Å². The van der Waals surface area contributed by atoms with Crippen LogP contribution >= 0.6 is 0 Å². The summed E-state index contributed by atoms with van der Waals surface area (Å²) in [5, 5.41) is 2.51. The minimum atomic E-state index is -0.124. The lowest BCUT2D eigenvalue weighted by Gasteiger charge is -1.90. The van der Waals surface area contributed by atoms with E-state index in [4.69, 9.17) is 0 Å². The topological polar surface area (TPSA) is 33.0 Å². The van der Waals surface area contributed by atoms with Crippen LogP contribution in [-0.4, -0.2) is 13.1 Å². The highest BCUT2D eigenvalue weighted by Gasteiger charge is 2.05. The zero-order valence-electron chi connectivity index (χ0n) is 6.12. The van der Waals surface area contributed by atoms with Crippen LogP contribution in [-0.2, 0) is 0 Å². The van der Waals surface area contributed by atoms with Crippen LogP contribution < -0.4 is 33.9 Å². The standard InChI is InChI=1S/C7H8N2O.HI/c1-8-7(10)9-5-3-2-4-6-9;/h2-6H,1H3;1H. The molecule has 1 heterocycles. The van der Waals surface area contributed by atoms with Crippen molar-refractivity contribution < 1.29 is 33.3 Å². The highest BCUT2D eigenvalue weighted by Crippen LogP contribution is 1.75. The minimum absolute atomic E-state index is 0. The molecule has 0 atom stereocenters. The number of hydrogen-bond acceptors (Lipinski definition) is 1. The van der Waals surface area contributed by atoms with E-state index >= 15 is 0 Å². The van der Waals surface area contributed by atoms with Gasteiger partial charge in [-0.1, -0.05) is 6.07 Å². The third-order valence-corrected chi connectivity index (χ3v) is 1.16. The molecule has 0 aliphatic rings. The maximum atomic E-state index is 10.9. The second-order valence-corrected chi connectivity index (χ2v) is 1.84. The van der Waals surface area contributed by atoms with Gasteiger partial charge in [-0.2, -0.15) is 9.36 Å². The van der Waals surface area contributed by atoms with Crippen molar-refractivity contribution in [2.75, 3.05) is 7.05 Å². The number of hydrogen-bond donors (Lipinski definition) is 1. The predicted molar refractivity (Wildman–Crippen MR) is 36.5 cm³/mol. The summed E-state index contributed by atoms with van der Waals surface area (Å²) in [6.45, 7) is 0. The predicted octanol–water partition coefficient (Wildman–Crippen LogP) is -2.83. The molecule has 0 saturated carbocycles. The average Bonchev–Trinajstić information content (AvgIpc) is 2.05. The van der Waals surface area contributed by atoms with E-state index in [9.17, 15) is 4.79 Å². The number of nitrogens with one attached hydrogen (secondary N) is 1. The largest absolute Gasteiger partial charge is 1.00 e. The molecule has 1 N–H and O–H groups in total. The Morgan fingerprint density at radius 1 is 1.27 bits per heavy atom. The fraction of sp³-hybridized carbons (Fsp3) is 0.143. The zero-order chi connectivity index (χ0) is 7.40. The molecule has 0 radical (unpaired) electrons. The molecule has 1 aromatic rings. The molecule has 0 unspecified atom stereocenters. The molecule has 3 nitrogen and oxygen atoms in total. The molecule has 4 heteroatoms. The Morgan fingerprint density at radius 3 is 2.27 bits per heavy atom. The van der Waals surface area contributed by atoms with Crippen molar-refractivity contribution in [3.8, 4) is 0 Å². The third kappa shape index (κ3) is 2.83. The number of pyridine rings is 1. The Morgan fingerprint density at radius 2 is 1.82 bits per heavy atom. The van der Waals surface area contributed by atoms with E-state index in [0.717, 1.165) is 0 Å². The monoisotopic (exact) mass is 264 g/mol. The van der Waals surface area contributed by atoms with Crippen LogP contribution in [0.15, 0.2) is 30.6 Å². The molecule has 0 aliphatic heterocycles. The van der Waals surface area contributed by atoms with Gasteiger partial charge in [0.1, 0.15) is 0 Å². The van der Waals surface area contributed by atoms with Gasteiger partial charge in [0, 0.05) is 0 Å². The summed E-state index contributed by atoms with van der Waals surface area (Å²) in [5.74, 6) is 0. The Kier molecular flexibility index (Phi) is 4.76. The van der Waals surface area contributed by atoms with Crippen molar-refractivity contribution in [2.45, 2.75) is 0 Å². The number of rotatable bonds is 0. The Bertz CT molecular complexity index is 225. The van der Waals surface area contributed by atoms with Crippen molar-refractivity contribution in [1.82, 2.24) is 5.32 Å². The summed E-state index contributed by atoms with van der Waals surface area (Å²) in [4.78, 5) is 10.9. The Balaban J connectivity index is 0.000001000. The summed E-state index contributed by atoms with van der Waals surface area (Å²) in [5.41, 5.74) is 0. The van der Waals surface area contributed by atoms with E-state index in [1.165, 1.54) is 4.57 Å². The van der Waals surface area contributed by atoms with Gasteiger partial charge in [-0.15, -0.1) is 0 Å². The van der Waals surface area contributed by atoms with Gasteiger partial charge in [0.15, 0.2) is 0 Å². The fourth-order valence-electron chi connectivity index (χ4n) is 0.663. The molecular weight excluding hydrogens is 255 g/mol. The number of aromatic nitrogens is 1. The van der Waals surface area contributed by atoms with E-state index < -0.39 is 0 Å². The second-order valence-electron chi connectivity index (χ2n) is 1.84. The molecule has 0 aliphatic carbocycles. The molecule has 1 aromatic heterocycles. The van der Waals surface area contributed by atoms with Crippen LogP contribution in [0.4, 0.5) is 4.79 Å². The van der Waals surface area contributed by atoms with Crippen LogP contribution in [0, 0.1) is 0 Å². The number of carbonyl (C=O) groups excluding carboxylic acids is 1. The maximum absolute atomic E-state index is 10.9. The normalized spacial score (nSPS) is 8.09. The molecule has 0 spiro atoms. The fourth-order valence-corrected chi connectivity index (χ4v) is 0.663. The lowest BCUT2D eigenvalue weighted by Crippen LogP contribution is -3.00. The average molecular weight is 264 g/mol. The van der Waals surface area contributed by atoms with Gasteiger partial charge in [-0.3, -0.25) is 0 Å². The molecule has 60 valence electrons. The highest BCUT2D eigenvalue weighted by molar-refractivity contribution is 5.63. The summed E-state index contributed by atoms with van der Waals surface area (Å²) < 4.78 is 1.47. The number of amides is 1. The maximum Gasteiger partial charge on any atom is 0.495 e. The van der Waals surface area contributed by atoms with Gasteiger partial charge in [-0.05, 0) is 12.1 Å². The van der Waals surface area contributed by atoms with Gasteiger partial charge in [0.2, 0.25) is 0 Å². The highest BCUT2D eigenvalue weighted by atomic mass is 127. The zero-order valence-corrected chi connectivity index (χ0v) is 8.28. The van der Waals surface area contributed by atoms with Crippen LogP contribution in [0.3, 0.4) is 0 Å². The van der Waals surface area contributed by atoms with Crippen LogP contribution in [0.25, 0.3) is 0 Å². The van der Waals surface area contributed by atoms with E-state index in [0.29, 0.717) is 0 Å². The van der Waals surface area contributed by atoms with Crippen LogP contribution in [0.1, 0.15) is 0 Å². The number of halogens is 1. The summed E-state index contributed by atoms with van der Waals surface area (Å²) >= 11 is 0. The van der Waals surface area contributed by atoms with Crippen molar-refractivity contribution in [3.63, 3.8) is 0 Å². The summed E-state index contributed by atoms with van der Waals surface area (Å²) in [6.07, 6.45) is 3.39. The molecule has 1 rings (SSSR count). The van der Waals surface area contributed by atoms with E-state index in [1.54, 1.807) is 31.6 Å². The van der Waals surface area contributed by atoms with Gasteiger partial charge in [0.25, 0.3) is 0 Å². The first-order valence-corrected chi connectivity index (χ1v) is 3.03. The Hall–Kier alpha value is -0.650. The molecular formula is C7H9IN2O. The van der Waals surface area contributed by atoms with Gasteiger partial charge < -0.3 is 24.0 Å². The summed E-state index contributed by atoms with van der Waals surface area (Å²) in [6, 6.07) is 5.34. The lowest BCUT2D eigenvalue weighted by molar-refractivity contribution is -0.571. The molecule has 0 bridgehead atoms. The van der Waals surface area contributed by atoms with Gasteiger partial charge in [-0.25, -0.2) is 5.32 Å². The molecule has 1 amide bonds. The lowest BCUT2D eigenvalue weighted by atomic mass is 10.5. The molecule has 11 heavy (non-hydrogen) atoms. The van der Waals surface area contributed by atoms with E-state index in [-0.39, 0.29) is 30.0 Å². The first kappa shape index (κ1) is 10.3. The van der Waals surface area contributed by atoms with Crippen LogP contribution in [0.5, 0.6) is 0 Å².